The summed E-state index contributed by atoms with van der Waals surface area (Å²) in [4.78, 5) is 19.9. The maximum absolute atomic E-state index is 12.9. The van der Waals surface area contributed by atoms with E-state index in [1.54, 1.807) is 18.4 Å². The lowest BCUT2D eigenvalue weighted by atomic mass is 9.94. The molecule has 5 nitrogen and oxygen atoms in total. The van der Waals surface area contributed by atoms with Gasteiger partial charge < -0.3 is 15.0 Å². The van der Waals surface area contributed by atoms with Crippen LogP contribution in [-0.4, -0.2) is 55.5 Å². The first-order chi connectivity index (χ1) is 15.5. The van der Waals surface area contributed by atoms with Gasteiger partial charge in [0.25, 0.3) is 5.91 Å². The summed E-state index contributed by atoms with van der Waals surface area (Å²) in [7, 11) is 1.70. The average Bonchev–Trinajstić information content (AvgIpc) is 3.45. The number of nitrogens with zero attached hydrogens (tertiary/aromatic N) is 2. The lowest BCUT2D eigenvalue weighted by molar-refractivity contribution is 0.102. The summed E-state index contributed by atoms with van der Waals surface area (Å²) in [5, 5.41) is 6.13. The van der Waals surface area contributed by atoms with Crippen LogP contribution in [0.2, 0.25) is 0 Å². The summed E-state index contributed by atoms with van der Waals surface area (Å²) in [6.07, 6.45) is 0. The number of aryl methyl sites for hydroxylation is 1. The van der Waals surface area contributed by atoms with Gasteiger partial charge in [-0.2, -0.15) is 0 Å². The summed E-state index contributed by atoms with van der Waals surface area (Å²) >= 11 is 3.15. The van der Waals surface area contributed by atoms with Crippen LogP contribution in [0.5, 0.6) is 5.75 Å². The Kier molecular flexibility index (Phi) is 7.30. The fraction of sp³-hybridized carbons (Fsp3) is 0.400. The molecule has 32 heavy (non-hydrogen) atoms. The van der Waals surface area contributed by atoms with Gasteiger partial charge in [0.2, 0.25) is 0 Å². The van der Waals surface area contributed by atoms with Gasteiger partial charge in [-0.05, 0) is 55.1 Å². The normalized spacial score (nSPS) is 16.1. The molecular formula is C25H31N3O2S2. The number of amides is 1. The minimum atomic E-state index is -0.0354. The Morgan fingerprint density at radius 3 is 2.44 bits per heavy atom. The highest BCUT2D eigenvalue weighted by Gasteiger charge is 2.31. The molecule has 1 aromatic carbocycles. The number of anilines is 1. The molecular weight excluding hydrogens is 438 g/mol. The van der Waals surface area contributed by atoms with E-state index in [0.29, 0.717) is 0 Å². The SMILES string of the molecule is CCN1CCN(C(c2ccc(OC)cc2)c2c(NC(=O)c3cccs3)sc(C)c2C)CC1. The van der Waals surface area contributed by atoms with Crippen molar-refractivity contribution in [2.75, 3.05) is 45.2 Å². The van der Waals surface area contributed by atoms with Crippen molar-refractivity contribution in [3.05, 3.63) is 68.2 Å². The van der Waals surface area contributed by atoms with Gasteiger partial charge in [0.15, 0.2) is 0 Å². The molecule has 2 aromatic heterocycles. The van der Waals surface area contributed by atoms with Gasteiger partial charge in [0, 0.05) is 36.6 Å². The molecule has 1 amide bonds. The van der Waals surface area contributed by atoms with Crippen LogP contribution >= 0.6 is 22.7 Å². The second kappa shape index (κ2) is 10.2. The smallest absolute Gasteiger partial charge is 0.266 e. The fourth-order valence-electron chi connectivity index (χ4n) is 4.32. The van der Waals surface area contributed by atoms with Crippen LogP contribution in [-0.2, 0) is 0 Å². The first-order valence-corrected chi connectivity index (χ1v) is 12.8. The largest absolute Gasteiger partial charge is 0.497 e. The van der Waals surface area contributed by atoms with Crippen LogP contribution < -0.4 is 10.1 Å². The van der Waals surface area contributed by atoms with E-state index in [4.69, 9.17) is 4.74 Å². The Hall–Kier alpha value is -2.19. The second-order valence-electron chi connectivity index (χ2n) is 8.10. The van der Waals surface area contributed by atoms with Crippen molar-refractivity contribution in [1.29, 1.82) is 0 Å². The molecule has 1 fully saturated rings. The Morgan fingerprint density at radius 1 is 1.12 bits per heavy atom. The van der Waals surface area contributed by atoms with Crippen LogP contribution in [0.3, 0.4) is 0 Å². The van der Waals surface area contributed by atoms with Crippen molar-refractivity contribution in [2.45, 2.75) is 26.8 Å². The number of methoxy groups -OCH3 is 1. The van der Waals surface area contributed by atoms with Crippen molar-refractivity contribution >= 4 is 33.6 Å². The van der Waals surface area contributed by atoms with Gasteiger partial charge in [-0.15, -0.1) is 22.7 Å². The molecule has 1 aliphatic heterocycles. The van der Waals surface area contributed by atoms with Crippen molar-refractivity contribution in [1.82, 2.24) is 9.80 Å². The second-order valence-corrected chi connectivity index (χ2v) is 10.3. The zero-order chi connectivity index (χ0) is 22.7. The quantitative estimate of drug-likeness (QED) is 0.502. The molecule has 4 rings (SSSR count). The van der Waals surface area contributed by atoms with E-state index in [-0.39, 0.29) is 11.9 Å². The first kappa shape index (κ1) is 23.0. The van der Waals surface area contributed by atoms with E-state index >= 15 is 0 Å². The summed E-state index contributed by atoms with van der Waals surface area (Å²) in [5.41, 5.74) is 3.70. The number of hydrogen-bond acceptors (Lipinski definition) is 6. The summed E-state index contributed by atoms with van der Waals surface area (Å²) in [5.74, 6) is 0.819. The van der Waals surface area contributed by atoms with Crippen molar-refractivity contribution in [3.8, 4) is 5.75 Å². The molecule has 1 saturated heterocycles. The molecule has 170 valence electrons. The lowest BCUT2D eigenvalue weighted by Crippen LogP contribution is -2.47. The highest BCUT2D eigenvalue weighted by Crippen LogP contribution is 2.43. The van der Waals surface area contributed by atoms with E-state index in [2.05, 4.69) is 48.0 Å². The Morgan fingerprint density at radius 2 is 1.84 bits per heavy atom. The number of carbonyl (C=O) groups is 1. The van der Waals surface area contributed by atoms with Crippen LogP contribution in [0.4, 0.5) is 5.00 Å². The molecule has 7 heteroatoms. The molecule has 1 atom stereocenters. The van der Waals surface area contributed by atoms with Crippen LogP contribution in [0, 0.1) is 13.8 Å². The van der Waals surface area contributed by atoms with Crippen molar-refractivity contribution < 1.29 is 9.53 Å². The molecule has 0 aliphatic carbocycles. The zero-order valence-electron chi connectivity index (χ0n) is 19.2. The standard InChI is InChI=1S/C25H31N3O2S2/c1-5-27-12-14-28(15-13-27)23(19-8-10-20(30-4)11-9-19)22-17(2)18(3)32-25(22)26-24(29)21-7-6-16-31-21/h6-11,16,23H,5,12-15H2,1-4H3,(H,26,29). The third-order valence-corrected chi connectivity index (χ3v) is 8.34. The number of piperazine rings is 1. The van der Waals surface area contributed by atoms with E-state index in [0.717, 1.165) is 48.4 Å². The topological polar surface area (TPSA) is 44.8 Å². The minimum absolute atomic E-state index is 0.0354. The first-order valence-electron chi connectivity index (χ1n) is 11.1. The summed E-state index contributed by atoms with van der Waals surface area (Å²) in [6, 6.07) is 12.3. The predicted molar refractivity (Wildman–Crippen MR) is 135 cm³/mol. The van der Waals surface area contributed by atoms with E-state index in [1.165, 1.54) is 32.9 Å². The summed E-state index contributed by atoms with van der Waals surface area (Å²) < 4.78 is 5.40. The highest BCUT2D eigenvalue weighted by molar-refractivity contribution is 7.17. The number of ether oxygens (including phenoxy) is 1. The molecule has 1 aliphatic rings. The minimum Gasteiger partial charge on any atom is -0.497 e. The third kappa shape index (κ3) is 4.76. The Balaban J connectivity index is 1.74. The van der Waals surface area contributed by atoms with Crippen LogP contribution in [0.15, 0.2) is 41.8 Å². The zero-order valence-corrected chi connectivity index (χ0v) is 20.8. The lowest BCUT2D eigenvalue weighted by Gasteiger charge is -2.39. The molecule has 3 aromatic rings. The van der Waals surface area contributed by atoms with E-state index < -0.39 is 0 Å². The number of rotatable bonds is 7. The predicted octanol–water partition coefficient (Wildman–Crippen LogP) is 5.41. The highest BCUT2D eigenvalue weighted by atomic mass is 32.1. The number of nitrogens with one attached hydrogen (secondary N) is 1. The third-order valence-electron chi connectivity index (χ3n) is 6.33. The number of thiophene rings is 2. The molecule has 0 saturated carbocycles. The van der Waals surface area contributed by atoms with Gasteiger partial charge in [-0.3, -0.25) is 9.69 Å². The van der Waals surface area contributed by atoms with Crippen molar-refractivity contribution in [3.63, 3.8) is 0 Å². The molecule has 1 N–H and O–H groups in total. The van der Waals surface area contributed by atoms with E-state index in [1.807, 2.05) is 29.6 Å². The number of likely N-dealkylation sites (N-methyl/N-ethyl adjacent to an activating group) is 1. The molecule has 0 spiro atoms. The maximum Gasteiger partial charge on any atom is 0.266 e. The average molecular weight is 470 g/mol. The molecule has 3 heterocycles. The molecule has 1 unspecified atom stereocenters. The van der Waals surface area contributed by atoms with Crippen LogP contribution in [0.25, 0.3) is 0 Å². The van der Waals surface area contributed by atoms with Gasteiger partial charge >= 0.3 is 0 Å². The van der Waals surface area contributed by atoms with Crippen molar-refractivity contribution in [2.24, 2.45) is 0 Å². The monoisotopic (exact) mass is 469 g/mol. The van der Waals surface area contributed by atoms with Gasteiger partial charge in [0.1, 0.15) is 10.8 Å². The summed E-state index contributed by atoms with van der Waals surface area (Å²) in [6.45, 7) is 11.7. The Bertz CT molecular complexity index is 1040. The Labute approximate surface area is 198 Å². The van der Waals surface area contributed by atoms with Gasteiger partial charge in [0.05, 0.1) is 18.0 Å². The molecule has 0 bridgehead atoms. The van der Waals surface area contributed by atoms with Crippen LogP contribution in [0.1, 0.15) is 44.2 Å². The van der Waals surface area contributed by atoms with Gasteiger partial charge in [-0.25, -0.2) is 0 Å². The number of hydrogen-bond donors (Lipinski definition) is 1. The number of carbonyl (C=O) groups excluding carboxylic acids is 1. The van der Waals surface area contributed by atoms with Gasteiger partial charge in [-0.1, -0.05) is 25.1 Å². The number of benzene rings is 1. The molecule has 0 radical (unpaired) electrons. The van der Waals surface area contributed by atoms with E-state index in [9.17, 15) is 4.79 Å². The fourth-order valence-corrected chi connectivity index (χ4v) is 6.03. The maximum atomic E-state index is 12.9.